The number of allylic oxidation sites excluding steroid dienone is 2. The van der Waals surface area contributed by atoms with E-state index in [1.54, 1.807) is 0 Å². The fraction of sp³-hybridized carbons (Fsp3) is 0.800. The Morgan fingerprint density at radius 2 is 1.95 bits per heavy atom. The molecule has 0 heterocycles. The maximum atomic E-state index is 6.83. The van der Waals surface area contributed by atoms with Gasteiger partial charge < -0.3 is 0 Å². The molecule has 0 aromatic rings. The van der Waals surface area contributed by atoms with Gasteiger partial charge in [0, 0.05) is 5.38 Å². The monoisotopic (exact) mass is 306 g/mol. The van der Waals surface area contributed by atoms with Crippen molar-refractivity contribution in [1.29, 1.82) is 0 Å². The maximum Gasteiger partial charge on any atom is 0.0398 e. The summed E-state index contributed by atoms with van der Waals surface area (Å²) in [6, 6.07) is 0. The maximum absolute atomic E-state index is 6.83. The number of rotatable bonds is 1. The van der Waals surface area contributed by atoms with Gasteiger partial charge in [0.1, 0.15) is 0 Å². The standard InChI is InChI=1S/C20H31Cl/c1-12(2)15-8-6-13(3)16-10-11-20(5)17(21)9-7-14(4)19(20)18(15)16/h13,15-19H,1,4,6-11H2,2-3,5H3/t13-,15-,16+,17-,18+,19-,20+/m0/s1. The molecule has 1 heteroatoms. The molecule has 3 rings (SSSR count). The van der Waals surface area contributed by atoms with E-state index in [9.17, 15) is 0 Å². The van der Waals surface area contributed by atoms with E-state index >= 15 is 0 Å². The first kappa shape index (κ1) is 15.7. The number of alkyl halides is 1. The molecule has 0 N–H and O–H groups in total. The van der Waals surface area contributed by atoms with Crippen LogP contribution < -0.4 is 0 Å². The molecule has 0 bridgehead atoms. The minimum Gasteiger partial charge on any atom is -0.122 e. The van der Waals surface area contributed by atoms with Gasteiger partial charge in [-0.15, -0.1) is 11.6 Å². The Morgan fingerprint density at radius 1 is 1.24 bits per heavy atom. The third kappa shape index (κ3) is 2.33. The molecule has 0 nitrogen and oxygen atoms in total. The molecule has 0 spiro atoms. The SMILES string of the molecule is C=C(C)[C@@H]1CC[C@H](C)[C@H]2CC[C@]3(C)[C@@H](Cl)CCC(=C)[C@H]3[C@@H]21. The Morgan fingerprint density at radius 3 is 2.62 bits per heavy atom. The highest BCUT2D eigenvalue weighted by molar-refractivity contribution is 6.21. The predicted molar refractivity (Wildman–Crippen MR) is 92.5 cm³/mol. The average Bonchev–Trinajstić information content (AvgIpc) is 2.43. The Bertz CT molecular complexity index is 451. The Balaban J connectivity index is 2.02. The van der Waals surface area contributed by atoms with Gasteiger partial charge >= 0.3 is 0 Å². The predicted octanol–water partition coefficient (Wildman–Crippen LogP) is 6.21. The van der Waals surface area contributed by atoms with Gasteiger partial charge in [-0.3, -0.25) is 0 Å². The fourth-order valence-corrected chi connectivity index (χ4v) is 6.37. The van der Waals surface area contributed by atoms with E-state index in [0.717, 1.165) is 30.6 Å². The second-order valence-electron chi connectivity index (χ2n) is 8.44. The molecule has 3 saturated carbocycles. The highest BCUT2D eigenvalue weighted by Gasteiger charge is 2.56. The highest BCUT2D eigenvalue weighted by atomic mass is 35.5. The van der Waals surface area contributed by atoms with Crippen molar-refractivity contribution in [2.45, 2.75) is 64.7 Å². The first-order valence-electron chi connectivity index (χ1n) is 8.83. The van der Waals surface area contributed by atoms with Crippen LogP contribution in [0.15, 0.2) is 24.3 Å². The van der Waals surface area contributed by atoms with Crippen molar-refractivity contribution in [2.24, 2.45) is 35.0 Å². The first-order chi connectivity index (χ1) is 9.86. The van der Waals surface area contributed by atoms with E-state index in [2.05, 4.69) is 33.9 Å². The van der Waals surface area contributed by atoms with Crippen LogP contribution in [0.2, 0.25) is 0 Å². The summed E-state index contributed by atoms with van der Waals surface area (Å²) in [7, 11) is 0. The van der Waals surface area contributed by atoms with Gasteiger partial charge in [0.05, 0.1) is 0 Å². The highest BCUT2D eigenvalue weighted by Crippen LogP contribution is 2.63. The molecule has 0 saturated heterocycles. The van der Waals surface area contributed by atoms with Crippen LogP contribution >= 0.6 is 11.6 Å². The number of hydrogen-bond acceptors (Lipinski definition) is 0. The van der Waals surface area contributed by atoms with Crippen LogP contribution in [0.1, 0.15) is 59.3 Å². The van der Waals surface area contributed by atoms with Gasteiger partial charge in [-0.2, -0.15) is 0 Å². The lowest BCUT2D eigenvalue weighted by atomic mass is 9.46. The van der Waals surface area contributed by atoms with Crippen molar-refractivity contribution < 1.29 is 0 Å². The quantitative estimate of drug-likeness (QED) is 0.399. The molecule has 7 atom stereocenters. The summed E-state index contributed by atoms with van der Waals surface area (Å²) in [6.07, 6.45) is 7.61. The minimum atomic E-state index is 0.267. The summed E-state index contributed by atoms with van der Waals surface area (Å²) in [6.45, 7) is 16.0. The van der Waals surface area contributed by atoms with Crippen LogP contribution in [-0.2, 0) is 0 Å². The summed E-state index contributed by atoms with van der Waals surface area (Å²) in [5, 5.41) is 0.331. The molecule has 0 radical (unpaired) electrons. The van der Waals surface area contributed by atoms with Gasteiger partial charge in [0.15, 0.2) is 0 Å². The largest absolute Gasteiger partial charge is 0.122 e. The smallest absolute Gasteiger partial charge is 0.0398 e. The van der Waals surface area contributed by atoms with Crippen molar-refractivity contribution in [1.82, 2.24) is 0 Å². The van der Waals surface area contributed by atoms with Crippen LogP contribution in [0.5, 0.6) is 0 Å². The zero-order valence-electron chi connectivity index (χ0n) is 14.0. The van der Waals surface area contributed by atoms with Crippen molar-refractivity contribution in [3.63, 3.8) is 0 Å². The summed E-state index contributed by atoms with van der Waals surface area (Å²) >= 11 is 6.83. The van der Waals surface area contributed by atoms with E-state index in [1.165, 1.54) is 36.8 Å². The molecule has 0 amide bonds. The Kier molecular flexibility index (Phi) is 4.06. The van der Waals surface area contributed by atoms with Gasteiger partial charge in [-0.05, 0) is 80.5 Å². The van der Waals surface area contributed by atoms with Crippen molar-refractivity contribution in [3.8, 4) is 0 Å². The van der Waals surface area contributed by atoms with Crippen LogP contribution in [0.4, 0.5) is 0 Å². The van der Waals surface area contributed by atoms with Crippen molar-refractivity contribution in [2.75, 3.05) is 0 Å². The zero-order chi connectivity index (χ0) is 15.4. The molecule has 3 fully saturated rings. The number of hydrogen-bond donors (Lipinski definition) is 0. The molecule has 3 aliphatic rings. The average molecular weight is 307 g/mol. The lowest BCUT2D eigenvalue weighted by Gasteiger charge is -2.60. The molecule has 0 aromatic heterocycles. The minimum absolute atomic E-state index is 0.267. The lowest BCUT2D eigenvalue weighted by molar-refractivity contribution is -0.0466. The number of fused-ring (bicyclic) bond motifs is 3. The van der Waals surface area contributed by atoms with Crippen LogP contribution in [0, 0.1) is 35.0 Å². The van der Waals surface area contributed by atoms with E-state index in [0.29, 0.717) is 17.2 Å². The van der Waals surface area contributed by atoms with E-state index in [1.807, 2.05) is 0 Å². The molecular formula is C20H31Cl. The van der Waals surface area contributed by atoms with E-state index in [-0.39, 0.29) is 5.41 Å². The van der Waals surface area contributed by atoms with Gasteiger partial charge in [-0.1, -0.05) is 38.2 Å². The summed E-state index contributed by atoms with van der Waals surface area (Å²) < 4.78 is 0. The van der Waals surface area contributed by atoms with Gasteiger partial charge in [0.25, 0.3) is 0 Å². The molecule has 0 aromatic carbocycles. The number of halogens is 1. The molecule has 3 aliphatic carbocycles. The molecular weight excluding hydrogens is 276 g/mol. The third-order valence-corrected chi connectivity index (χ3v) is 7.96. The van der Waals surface area contributed by atoms with Crippen molar-refractivity contribution in [3.05, 3.63) is 24.3 Å². The molecule has 0 aliphatic heterocycles. The summed E-state index contributed by atoms with van der Waals surface area (Å²) in [4.78, 5) is 0. The topological polar surface area (TPSA) is 0 Å². The van der Waals surface area contributed by atoms with E-state index < -0.39 is 0 Å². The second kappa shape index (κ2) is 5.44. The van der Waals surface area contributed by atoms with Crippen molar-refractivity contribution >= 4 is 11.6 Å². The lowest BCUT2D eigenvalue weighted by Crippen LogP contribution is -2.54. The Labute approximate surface area is 136 Å². The molecule has 118 valence electrons. The Hall–Kier alpha value is -0.230. The zero-order valence-corrected chi connectivity index (χ0v) is 14.8. The van der Waals surface area contributed by atoms with Crippen LogP contribution in [0.3, 0.4) is 0 Å². The second-order valence-corrected chi connectivity index (χ2v) is 8.96. The van der Waals surface area contributed by atoms with E-state index in [4.69, 9.17) is 11.6 Å². The summed E-state index contributed by atoms with van der Waals surface area (Å²) in [5.74, 6) is 3.78. The normalized spacial score (nSPS) is 50.2. The summed E-state index contributed by atoms with van der Waals surface area (Å²) in [5.41, 5.74) is 3.15. The van der Waals surface area contributed by atoms with Gasteiger partial charge in [0.2, 0.25) is 0 Å². The van der Waals surface area contributed by atoms with Crippen LogP contribution in [-0.4, -0.2) is 5.38 Å². The molecule has 0 unspecified atom stereocenters. The van der Waals surface area contributed by atoms with Gasteiger partial charge in [-0.25, -0.2) is 0 Å². The van der Waals surface area contributed by atoms with Crippen LogP contribution in [0.25, 0.3) is 0 Å². The first-order valence-corrected chi connectivity index (χ1v) is 9.27. The molecule has 21 heavy (non-hydrogen) atoms. The fourth-order valence-electron chi connectivity index (χ4n) is 6.02. The third-order valence-electron chi connectivity index (χ3n) is 7.24.